The van der Waals surface area contributed by atoms with Crippen molar-refractivity contribution in [2.75, 3.05) is 0 Å². The second kappa shape index (κ2) is 3.72. The number of carboxylic acid groups (broad SMARTS) is 1. The molecule has 0 heterocycles. The summed E-state index contributed by atoms with van der Waals surface area (Å²) in [5.41, 5.74) is 0. The molecule has 0 spiro atoms. The Labute approximate surface area is 53.7 Å². The predicted molar refractivity (Wildman–Crippen MR) is 35.3 cm³/mol. The fourth-order valence-electron chi connectivity index (χ4n) is 0.357. The predicted octanol–water partition coefficient (Wildman–Crippen LogP) is 0.995. The molecule has 9 heavy (non-hydrogen) atoms. The van der Waals surface area contributed by atoms with Gasteiger partial charge in [0.2, 0.25) is 0 Å². The van der Waals surface area contributed by atoms with Crippen LogP contribution in [0.15, 0.2) is 25.3 Å². The minimum Gasteiger partial charge on any atom is -0.465 e. The molecule has 0 atom stereocenters. The third kappa shape index (κ3) is 3.34. The largest absolute Gasteiger partial charge is 0.465 e. The number of amides is 1. The Morgan fingerprint density at radius 2 is 2.00 bits per heavy atom. The molecule has 3 heteroatoms. The lowest BCUT2D eigenvalue weighted by Gasteiger charge is -2.03. The molecule has 2 N–H and O–H groups in total. The second-order valence-electron chi connectivity index (χ2n) is 1.45. The van der Waals surface area contributed by atoms with Gasteiger partial charge in [-0.05, 0) is 0 Å². The quantitative estimate of drug-likeness (QED) is 0.555. The Bertz CT molecular complexity index is 123. The fourth-order valence-corrected chi connectivity index (χ4v) is 0.357. The first-order chi connectivity index (χ1) is 4.20. The maximum atomic E-state index is 9.92. The lowest BCUT2D eigenvalue weighted by Crippen LogP contribution is -2.29. The van der Waals surface area contributed by atoms with Gasteiger partial charge in [-0.1, -0.05) is 12.2 Å². The van der Waals surface area contributed by atoms with E-state index in [4.69, 9.17) is 5.11 Å². The van der Waals surface area contributed by atoms with Crippen LogP contribution in [0.3, 0.4) is 0 Å². The summed E-state index contributed by atoms with van der Waals surface area (Å²) in [6, 6.07) is -0.345. The summed E-state index contributed by atoms with van der Waals surface area (Å²) in [5, 5.41) is 10.3. The van der Waals surface area contributed by atoms with Gasteiger partial charge in [0, 0.05) is 0 Å². The molecule has 0 aromatic heterocycles. The van der Waals surface area contributed by atoms with Crippen molar-refractivity contribution in [2.45, 2.75) is 6.04 Å². The second-order valence-corrected chi connectivity index (χ2v) is 1.45. The van der Waals surface area contributed by atoms with Crippen LogP contribution in [0.2, 0.25) is 0 Å². The van der Waals surface area contributed by atoms with Gasteiger partial charge in [-0.25, -0.2) is 4.79 Å². The summed E-state index contributed by atoms with van der Waals surface area (Å²) in [4.78, 5) is 9.92. The number of hydrogen-bond donors (Lipinski definition) is 2. The zero-order valence-corrected chi connectivity index (χ0v) is 5.00. The highest BCUT2D eigenvalue weighted by Crippen LogP contribution is 1.83. The Hall–Kier alpha value is -1.25. The highest BCUT2D eigenvalue weighted by molar-refractivity contribution is 5.65. The molecular formula is C6H9NO2. The van der Waals surface area contributed by atoms with E-state index in [1.165, 1.54) is 12.2 Å². The molecule has 0 aromatic carbocycles. The minimum atomic E-state index is -1.07. The van der Waals surface area contributed by atoms with Gasteiger partial charge in [-0.3, -0.25) is 0 Å². The van der Waals surface area contributed by atoms with Crippen LogP contribution in [0.4, 0.5) is 4.79 Å². The lowest BCUT2D eigenvalue weighted by atomic mass is 10.3. The van der Waals surface area contributed by atoms with Crippen molar-refractivity contribution in [3.05, 3.63) is 25.3 Å². The van der Waals surface area contributed by atoms with Crippen LogP contribution in [0.5, 0.6) is 0 Å². The molecule has 0 unspecified atom stereocenters. The number of hydrogen-bond acceptors (Lipinski definition) is 1. The minimum absolute atomic E-state index is 0.345. The molecule has 50 valence electrons. The summed E-state index contributed by atoms with van der Waals surface area (Å²) in [6.45, 7) is 6.78. The highest BCUT2D eigenvalue weighted by atomic mass is 16.4. The molecule has 0 aliphatic carbocycles. The summed E-state index contributed by atoms with van der Waals surface area (Å²) >= 11 is 0. The Morgan fingerprint density at radius 3 is 2.11 bits per heavy atom. The number of nitrogens with one attached hydrogen (secondary N) is 1. The molecule has 0 bridgehead atoms. The Kier molecular flexibility index (Phi) is 3.20. The van der Waals surface area contributed by atoms with Gasteiger partial charge < -0.3 is 10.4 Å². The van der Waals surface area contributed by atoms with Crippen molar-refractivity contribution in [3.63, 3.8) is 0 Å². The first-order valence-corrected chi connectivity index (χ1v) is 2.45. The van der Waals surface area contributed by atoms with Gasteiger partial charge in [0.15, 0.2) is 0 Å². The average molecular weight is 127 g/mol. The third-order valence-corrected chi connectivity index (χ3v) is 0.798. The van der Waals surface area contributed by atoms with Gasteiger partial charge in [0.05, 0.1) is 6.04 Å². The standard InChI is InChI=1S/C6H9NO2/c1-3-5(4-2)7-6(8)9/h3-5,7H,1-2H2,(H,8,9). The average Bonchev–Trinajstić information content (AvgIpc) is 1.82. The van der Waals surface area contributed by atoms with Crippen molar-refractivity contribution in [2.24, 2.45) is 0 Å². The van der Waals surface area contributed by atoms with Crippen molar-refractivity contribution in [1.29, 1.82) is 0 Å². The van der Waals surface area contributed by atoms with E-state index in [0.29, 0.717) is 0 Å². The zero-order valence-electron chi connectivity index (χ0n) is 5.00. The van der Waals surface area contributed by atoms with Crippen molar-refractivity contribution < 1.29 is 9.90 Å². The van der Waals surface area contributed by atoms with E-state index in [9.17, 15) is 4.79 Å². The summed E-state index contributed by atoms with van der Waals surface area (Å²) < 4.78 is 0. The molecule has 0 fully saturated rings. The van der Waals surface area contributed by atoms with Crippen LogP contribution >= 0.6 is 0 Å². The van der Waals surface area contributed by atoms with E-state index in [-0.39, 0.29) is 6.04 Å². The summed E-state index contributed by atoms with van der Waals surface area (Å²) in [6.07, 6.45) is 1.85. The molecule has 0 rings (SSSR count). The molecule has 0 aromatic rings. The maximum absolute atomic E-state index is 9.92. The Morgan fingerprint density at radius 1 is 1.56 bits per heavy atom. The molecular weight excluding hydrogens is 118 g/mol. The maximum Gasteiger partial charge on any atom is 0.405 e. The van der Waals surface area contributed by atoms with E-state index in [1.807, 2.05) is 0 Å². The summed E-state index contributed by atoms with van der Waals surface area (Å²) in [5.74, 6) is 0. The fraction of sp³-hybridized carbons (Fsp3) is 0.167. The topological polar surface area (TPSA) is 49.3 Å². The molecule has 1 amide bonds. The van der Waals surface area contributed by atoms with E-state index in [1.54, 1.807) is 0 Å². The van der Waals surface area contributed by atoms with E-state index >= 15 is 0 Å². The zero-order chi connectivity index (χ0) is 7.28. The molecule has 0 saturated carbocycles. The monoisotopic (exact) mass is 127 g/mol. The van der Waals surface area contributed by atoms with Gasteiger partial charge in [0.1, 0.15) is 0 Å². The van der Waals surface area contributed by atoms with E-state index in [2.05, 4.69) is 18.5 Å². The van der Waals surface area contributed by atoms with Crippen LogP contribution in [0.1, 0.15) is 0 Å². The highest BCUT2D eigenvalue weighted by Gasteiger charge is 1.99. The molecule has 0 saturated heterocycles. The van der Waals surface area contributed by atoms with Crippen molar-refractivity contribution in [3.8, 4) is 0 Å². The van der Waals surface area contributed by atoms with Crippen LogP contribution in [0, 0.1) is 0 Å². The Balaban J connectivity index is 3.68. The molecule has 0 aliphatic heterocycles. The molecule has 3 nitrogen and oxygen atoms in total. The molecule has 0 aliphatic rings. The van der Waals surface area contributed by atoms with Crippen LogP contribution in [0.25, 0.3) is 0 Å². The van der Waals surface area contributed by atoms with E-state index < -0.39 is 6.09 Å². The first kappa shape index (κ1) is 7.75. The smallest absolute Gasteiger partial charge is 0.405 e. The lowest BCUT2D eigenvalue weighted by molar-refractivity contribution is 0.193. The van der Waals surface area contributed by atoms with Crippen LogP contribution in [-0.2, 0) is 0 Å². The number of rotatable bonds is 3. The van der Waals surface area contributed by atoms with Crippen LogP contribution < -0.4 is 5.32 Å². The van der Waals surface area contributed by atoms with Gasteiger partial charge >= 0.3 is 6.09 Å². The van der Waals surface area contributed by atoms with E-state index in [0.717, 1.165) is 0 Å². The van der Waals surface area contributed by atoms with Gasteiger partial charge in [-0.2, -0.15) is 0 Å². The van der Waals surface area contributed by atoms with Crippen molar-refractivity contribution in [1.82, 2.24) is 5.32 Å². The van der Waals surface area contributed by atoms with Crippen LogP contribution in [-0.4, -0.2) is 17.2 Å². The normalized spacial score (nSPS) is 8.56. The number of carbonyl (C=O) groups is 1. The van der Waals surface area contributed by atoms with Gasteiger partial charge in [-0.15, -0.1) is 13.2 Å². The third-order valence-electron chi connectivity index (χ3n) is 0.798. The molecule has 0 radical (unpaired) electrons. The van der Waals surface area contributed by atoms with Crippen molar-refractivity contribution >= 4 is 6.09 Å². The summed E-state index contributed by atoms with van der Waals surface area (Å²) in [7, 11) is 0. The SMILES string of the molecule is C=CC(C=C)NC(=O)O. The van der Waals surface area contributed by atoms with Gasteiger partial charge in [0.25, 0.3) is 0 Å². The first-order valence-electron chi connectivity index (χ1n) is 2.45.